The van der Waals surface area contributed by atoms with Gasteiger partial charge < -0.3 is 9.64 Å². The Kier molecular flexibility index (Phi) is 5.40. The lowest BCUT2D eigenvalue weighted by Gasteiger charge is -2.16. The van der Waals surface area contributed by atoms with Crippen LogP contribution in [0, 0.1) is 0 Å². The van der Waals surface area contributed by atoms with Gasteiger partial charge in [-0.3, -0.25) is 0 Å². The highest BCUT2D eigenvalue weighted by Crippen LogP contribution is 2.31. The van der Waals surface area contributed by atoms with Crippen molar-refractivity contribution in [1.29, 1.82) is 0 Å². The van der Waals surface area contributed by atoms with Crippen molar-refractivity contribution in [2.24, 2.45) is 0 Å². The van der Waals surface area contributed by atoms with Gasteiger partial charge in [0.05, 0.1) is 6.61 Å². The summed E-state index contributed by atoms with van der Waals surface area (Å²) in [6, 6.07) is 15.0. The summed E-state index contributed by atoms with van der Waals surface area (Å²) in [5.74, 6) is 1.03. The van der Waals surface area contributed by atoms with Crippen LogP contribution in [0.2, 0.25) is 0 Å². The molecule has 0 spiro atoms. The summed E-state index contributed by atoms with van der Waals surface area (Å²) in [5, 5.41) is 0. The molecule has 0 aliphatic carbocycles. The molecule has 0 unspecified atom stereocenters. The summed E-state index contributed by atoms with van der Waals surface area (Å²) in [6.07, 6.45) is 2.85. The van der Waals surface area contributed by atoms with Crippen molar-refractivity contribution in [3.8, 4) is 5.75 Å². The topological polar surface area (TPSA) is 12.5 Å². The maximum atomic E-state index is 5.59. The van der Waals surface area contributed by atoms with Crippen molar-refractivity contribution in [3.63, 3.8) is 0 Å². The molecule has 2 heteroatoms. The number of benzene rings is 2. The molecule has 25 heavy (non-hydrogen) atoms. The zero-order valence-corrected chi connectivity index (χ0v) is 15.3. The molecule has 130 valence electrons. The Balaban J connectivity index is 1.65. The van der Waals surface area contributed by atoms with E-state index in [-0.39, 0.29) is 0 Å². The van der Waals surface area contributed by atoms with E-state index in [2.05, 4.69) is 74.6 Å². The maximum Gasteiger partial charge on any atom is 0.122 e. The van der Waals surface area contributed by atoms with Crippen LogP contribution < -0.4 is 4.74 Å². The Morgan fingerprint density at radius 3 is 2.60 bits per heavy atom. The number of ether oxygens (including phenoxy) is 1. The van der Waals surface area contributed by atoms with E-state index in [1.807, 2.05) is 0 Å². The molecule has 0 N–H and O–H groups in total. The van der Waals surface area contributed by atoms with Gasteiger partial charge in [0.1, 0.15) is 5.75 Å². The predicted octanol–water partition coefficient (Wildman–Crippen LogP) is 5.19. The van der Waals surface area contributed by atoms with Gasteiger partial charge in [0, 0.05) is 13.0 Å². The van der Waals surface area contributed by atoms with E-state index < -0.39 is 0 Å². The number of allylic oxidation sites excluding steroid dienone is 2. The number of fused-ring (bicyclic) bond motifs is 1. The van der Waals surface area contributed by atoms with Crippen molar-refractivity contribution in [2.75, 3.05) is 20.7 Å². The molecular formula is C23H27NO. The summed E-state index contributed by atoms with van der Waals surface area (Å²) >= 11 is 0. The molecule has 0 radical (unpaired) electrons. The molecule has 2 aromatic carbocycles. The van der Waals surface area contributed by atoms with Crippen molar-refractivity contribution >= 4 is 11.1 Å². The Bertz CT molecular complexity index is 788. The van der Waals surface area contributed by atoms with Crippen molar-refractivity contribution < 1.29 is 4.74 Å². The van der Waals surface area contributed by atoms with Crippen LogP contribution in [0.25, 0.3) is 11.1 Å². The second kappa shape index (κ2) is 7.71. The molecule has 0 fully saturated rings. The van der Waals surface area contributed by atoms with E-state index in [9.17, 15) is 0 Å². The standard InChI is InChI=1S/C23H27NO/c1-17(19-11-12-23-20(15-19)13-14-25-23)9-10-18(2)22-8-6-5-7-21(22)16-24(3)4/h5-8,11-12,15H,1-2,9-10,13-14,16H2,3-4H3. The normalized spacial score (nSPS) is 12.8. The fourth-order valence-corrected chi connectivity index (χ4v) is 3.33. The second-order valence-corrected chi connectivity index (χ2v) is 7.02. The third-order valence-corrected chi connectivity index (χ3v) is 4.71. The van der Waals surface area contributed by atoms with E-state index in [4.69, 9.17) is 4.74 Å². The molecule has 2 aromatic rings. The molecule has 1 aliphatic heterocycles. The highest BCUT2D eigenvalue weighted by molar-refractivity contribution is 5.71. The molecule has 0 bridgehead atoms. The monoisotopic (exact) mass is 333 g/mol. The average Bonchev–Trinajstić information content (AvgIpc) is 3.07. The summed E-state index contributed by atoms with van der Waals surface area (Å²) in [5.41, 5.74) is 7.47. The Hall–Kier alpha value is -2.32. The third kappa shape index (κ3) is 4.21. The summed E-state index contributed by atoms with van der Waals surface area (Å²) in [4.78, 5) is 2.19. The molecule has 3 rings (SSSR count). The molecule has 2 nitrogen and oxygen atoms in total. The molecule has 0 saturated heterocycles. The van der Waals surface area contributed by atoms with Crippen LogP contribution in [0.5, 0.6) is 5.75 Å². The minimum atomic E-state index is 0.796. The lowest BCUT2D eigenvalue weighted by Crippen LogP contribution is -2.12. The zero-order chi connectivity index (χ0) is 17.8. The predicted molar refractivity (Wildman–Crippen MR) is 107 cm³/mol. The fourth-order valence-electron chi connectivity index (χ4n) is 3.33. The summed E-state index contributed by atoms with van der Waals surface area (Å²) in [6.45, 7) is 10.4. The van der Waals surface area contributed by atoms with Gasteiger partial charge in [-0.15, -0.1) is 0 Å². The van der Waals surface area contributed by atoms with Crippen LogP contribution in [0.3, 0.4) is 0 Å². The zero-order valence-electron chi connectivity index (χ0n) is 15.3. The van der Waals surface area contributed by atoms with Crippen LogP contribution >= 0.6 is 0 Å². The number of rotatable bonds is 7. The molecule has 1 aliphatic rings. The first kappa shape index (κ1) is 17.5. The summed E-state index contributed by atoms with van der Waals surface area (Å²) < 4.78 is 5.59. The molecule has 0 aromatic heterocycles. The van der Waals surface area contributed by atoms with Gasteiger partial charge in [-0.05, 0) is 72.5 Å². The van der Waals surface area contributed by atoms with Gasteiger partial charge in [0.2, 0.25) is 0 Å². The van der Waals surface area contributed by atoms with Crippen LogP contribution in [0.4, 0.5) is 0 Å². The Morgan fingerprint density at radius 2 is 1.80 bits per heavy atom. The van der Waals surface area contributed by atoms with Gasteiger partial charge in [-0.1, -0.05) is 43.5 Å². The summed E-state index contributed by atoms with van der Waals surface area (Å²) in [7, 11) is 4.19. The lowest BCUT2D eigenvalue weighted by molar-refractivity contribution is 0.357. The van der Waals surface area contributed by atoms with Gasteiger partial charge in [-0.2, -0.15) is 0 Å². The van der Waals surface area contributed by atoms with E-state index in [0.29, 0.717) is 0 Å². The Labute approximate surface area is 151 Å². The molecule has 1 heterocycles. The van der Waals surface area contributed by atoms with Crippen LogP contribution in [0.15, 0.2) is 55.6 Å². The SMILES string of the molecule is C=C(CCC(=C)c1ccccc1CN(C)C)c1ccc2c(c1)CCO2. The van der Waals surface area contributed by atoms with Crippen molar-refractivity contribution in [2.45, 2.75) is 25.8 Å². The lowest BCUT2D eigenvalue weighted by atomic mass is 9.93. The fraction of sp³-hybridized carbons (Fsp3) is 0.304. The number of nitrogens with zero attached hydrogens (tertiary/aromatic N) is 1. The first-order valence-electron chi connectivity index (χ1n) is 8.89. The smallest absolute Gasteiger partial charge is 0.122 e. The minimum Gasteiger partial charge on any atom is -0.493 e. The van der Waals surface area contributed by atoms with Crippen LogP contribution in [-0.2, 0) is 13.0 Å². The van der Waals surface area contributed by atoms with Crippen LogP contribution in [-0.4, -0.2) is 25.6 Å². The average molecular weight is 333 g/mol. The molecule has 0 atom stereocenters. The first-order valence-corrected chi connectivity index (χ1v) is 8.89. The van der Waals surface area contributed by atoms with E-state index >= 15 is 0 Å². The van der Waals surface area contributed by atoms with E-state index in [0.717, 1.165) is 38.2 Å². The second-order valence-electron chi connectivity index (χ2n) is 7.02. The van der Waals surface area contributed by atoms with Gasteiger partial charge >= 0.3 is 0 Å². The Morgan fingerprint density at radius 1 is 1.04 bits per heavy atom. The third-order valence-electron chi connectivity index (χ3n) is 4.71. The van der Waals surface area contributed by atoms with Crippen LogP contribution in [0.1, 0.15) is 35.1 Å². The van der Waals surface area contributed by atoms with Gasteiger partial charge in [0.15, 0.2) is 0 Å². The number of hydrogen-bond donors (Lipinski definition) is 0. The minimum absolute atomic E-state index is 0.796. The number of hydrogen-bond acceptors (Lipinski definition) is 2. The van der Waals surface area contributed by atoms with Crippen molar-refractivity contribution in [3.05, 3.63) is 77.9 Å². The quantitative estimate of drug-likeness (QED) is 0.691. The highest BCUT2D eigenvalue weighted by Gasteiger charge is 2.13. The van der Waals surface area contributed by atoms with E-state index in [1.54, 1.807) is 0 Å². The van der Waals surface area contributed by atoms with Gasteiger partial charge in [0.25, 0.3) is 0 Å². The maximum absolute atomic E-state index is 5.59. The van der Waals surface area contributed by atoms with Gasteiger partial charge in [-0.25, -0.2) is 0 Å². The van der Waals surface area contributed by atoms with Crippen molar-refractivity contribution in [1.82, 2.24) is 4.90 Å². The largest absolute Gasteiger partial charge is 0.493 e. The molecular weight excluding hydrogens is 306 g/mol. The highest BCUT2D eigenvalue weighted by atomic mass is 16.5. The van der Waals surface area contributed by atoms with E-state index in [1.165, 1.54) is 33.4 Å². The first-order chi connectivity index (χ1) is 12.0. The molecule has 0 amide bonds. The molecule has 0 saturated carbocycles.